The number of fused-ring (bicyclic) bond motifs is 22. The first-order valence-electron chi connectivity index (χ1n) is 51.0. The van der Waals surface area contributed by atoms with Crippen molar-refractivity contribution in [1.82, 2.24) is 60.0 Å². The van der Waals surface area contributed by atoms with Crippen LogP contribution in [-0.4, -0.2) is 126 Å². The highest BCUT2D eigenvalue weighted by Crippen LogP contribution is 2.74. The van der Waals surface area contributed by atoms with Crippen LogP contribution in [-0.2, 0) is 32.3 Å². The highest BCUT2D eigenvalue weighted by Gasteiger charge is 2.68. The summed E-state index contributed by atoms with van der Waals surface area (Å²) in [6, 6.07) is 15.3. The monoisotopic (exact) mass is 1730 g/mol. The molecule has 34 atom stereocenters. The van der Waals surface area contributed by atoms with E-state index in [9.17, 15) is 39.6 Å². The van der Waals surface area contributed by atoms with Crippen LogP contribution in [0, 0.1) is 162 Å². The number of hydrogen-bond donors (Lipinski definition) is 4. The number of nitrogens with zero attached hydrogens (tertiary/aromatic N) is 12. The zero-order valence-corrected chi connectivity index (χ0v) is 79.3. The van der Waals surface area contributed by atoms with Gasteiger partial charge in [-0.25, -0.2) is 14.0 Å². The molecule has 20 heteroatoms. The maximum atomic E-state index is 13.6. The number of ketones is 4. The molecule has 4 aromatic heterocycles. The topological polar surface area (TPSA) is 272 Å². The van der Waals surface area contributed by atoms with E-state index in [1.54, 1.807) is 31.2 Å². The summed E-state index contributed by atoms with van der Waals surface area (Å²) < 4.78 is 5.26. The van der Waals surface area contributed by atoms with Gasteiger partial charge in [-0.3, -0.25) is 19.2 Å². The van der Waals surface area contributed by atoms with Crippen LogP contribution < -0.4 is 0 Å². The van der Waals surface area contributed by atoms with Crippen molar-refractivity contribution in [2.24, 2.45) is 162 Å². The van der Waals surface area contributed by atoms with E-state index < -0.39 is 22.4 Å². The van der Waals surface area contributed by atoms with Crippen LogP contribution in [0.5, 0.6) is 0 Å². The van der Waals surface area contributed by atoms with Crippen molar-refractivity contribution in [3.8, 4) is 0 Å². The number of Topliss-reactive ketones (excluding diaryl/α,β-unsaturated/α-hetero) is 4. The normalized spacial score (nSPS) is 46.8. The fourth-order valence-corrected chi connectivity index (χ4v) is 35.9. The lowest BCUT2D eigenvalue weighted by Crippen LogP contribution is -2.55. The van der Waals surface area contributed by atoms with E-state index in [1.165, 1.54) is 141 Å². The molecule has 0 spiro atoms. The summed E-state index contributed by atoms with van der Waals surface area (Å²) in [5, 5.41) is 76.5. The average molecular weight is 1730 g/mol. The lowest BCUT2D eigenvalue weighted by Gasteiger charge is -2.61. The lowest BCUT2D eigenvalue weighted by molar-refractivity contribution is -0.151. The first kappa shape index (κ1) is 89.3. The standard InChI is InChI=1S/2C28H39N3O2.2C25H39N3O2/c1-26(33)14-15-27(2)18(16-26)8-9-19-20-10-11-22(28(20,3)13-12-21(19)27)25(32)17-31-24-7-5-4-6-23(24)29-30-31;1-26(33)14-15-27(2)18(16-26)8-9-19-20-10-11-22(28(20,3)13-12-21(19)27)25(32)17-31-29-23-6-4-5-7-24(23)30-31;2*1-16(28-14-13-26-27-28)22(29)21-8-7-19-18-6-5-17-15-23(2,30)11-12-24(17,3)20(18)9-10-25(19,21)4/h2*4-7,18-22,33H,8-17H2,1-3H3;2*13-14,16-21,30H,5-12,15H2,1-4H3/t2*18-,19-,20-,21-,22+,26+,27-,28-;16-,17+,18+,19+,20+,21-,23-,24+,25+;16-,17-,18-,19-,20-,21+,23+,24-,25-/m0010/s1. The van der Waals surface area contributed by atoms with Gasteiger partial charge >= 0.3 is 0 Å². The van der Waals surface area contributed by atoms with Gasteiger partial charge in [0.15, 0.2) is 23.1 Å². The highest BCUT2D eigenvalue weighted by molar-refractivity contribution is 5.87. The van der Waals surface area contributed by atoms with Gasteiger partial charge in [-0.05, 0) is 435 Å². The minimum atomic E-state index is -0.476. The van der Waals surface area contributed by atoms with Crippen molar-refractivity contribution >= 4 is 45.2 Å². The van der Waals surface area contributed by atoms with Gasteiger partial charge in [0.2, 0.25) is 0 Å². The summed E-state index contributed by atoms with van der Waals surface area (Å²) in [6.45, 7) is 32.7. The fraction of sp³-hybridized carbons (Fsp3) is 0.811. The molecule has 20 nitrogen and oxygen atoms in total. The summed E-state index contributed by atoms with van der Waals surface area (Å²) >= 11 is 0. The lowest BCUT2D eigenvalue weighted by atomic mass is 9.44. The summed E-state index contributed by atoms with van der Waals surface area (Å²) in [4.78, 5) is 55.8. The smallest absolute Gasteiger partial charge is 0.160 e. The molecule has 126 heavy (non-hydrogen) atoms. The number of aromatic nitrogens is 12. The number of benzene rings is 2. The minimum absolute atomic E-state index is 0.119. The molecule has 16 aliphatic carbocycles. The van der Waals surface area contributed by atoms with Crippen LogP contribution in [0.2, 0.25) is 0 Å². The molecule has 0 unspecified atom stereocenters. The zero-order valence-electron chi connectivity index (χ0n) is 79.3. The average Bonchev–Trinajstić information content (AvgIpc) is 1.35. The van der Waals surface area contributed by atoms with Gasteiger partial charge < -0.3 is 20.4 Å². The van der Waals surface area contributed by atoms with Crippen molar-refractivity contribution in [3.05, 3.63) is 73.3 Å². The molecule has 0 aliphatic heterocycles. The van der Waals surface area contributed by atoms with Gasteiger partial charge in [0.05, 0.1) is 40.3 Å². The summed E-state index contributed by atoms with van der Waals surface area (Å²) in [6.07, 6.45) is 48.1. The fourth-order valence-electron chi connectivity index (χ4n) is 35.9. The summed E-state index contributed by atoms with van der Waals surface area (Å²) in [7, 11) is 0. The molecule has 4 heterocycles. The molecule has 0 saturated heterocycles. The van der Waals surface area contributed by atoms with Crippen molar-refractivity contribution in [1.29, 1.82) is 0 Å². The molecule has 6 aromatic rings. The Morgan fingerprint density at radius 3 is 0.976 bits per heavy atom. The van der Waals surface area contributed by atoms with Crippen LogP contribution in [0.25, 0.3) is 22.1 Å². The third-order valence-corrected chi connectivity index (χ3v) is 43.1. The maximum absolute atomic E-state index is 13.6. The SMILES string of the molecule is C[C@@H](C(=O)[C@H]1CC[C@H]2[C@@H]3CC[C@H]4C[C@](C)(O)CC[C@]4(C)[C@H]3CC[C@]12C)n1ccnn1.C[C@@]1(O)CC[C@@]2(C)[C@@H](CC[C@@H]3[C@@H]2CC[C@]2(C)[C@@H](C(=O)Cn4nc5ccccc5n4)CC[C@@H]32)C1.C[C@@]1(O)CC[C@@]2(C)[C@@H](CC[C@@H]3[C@@H]2CC[C@]2(C)[C@@H](C(=O)Cn4nnc5ccccc54)CC[C@@H]32)C1.C[C@H](C(=O)[C@H]1CC[C@H]2[C@@H]3CC[C@H]4C[C@](C)(O)CC[C@]4(C)[C@H]3CC[C@]12C)n1ccnn1. The Morgan fingerprint density at radius 1 is 0.341 bits per heavy atom. The first-order valence-corrected chi connectivity index (χ1v) is 51.0. The Morgan fingerprint density at radius 2 is 0.643 bits per heavy atom. The van der Waals surface area contributed by atoms with E-state index >= 15 is 0 Å². The Hall–Kier alpha value is -5.96. The Bertz CT molecular complexity index is 4800. The third kappa shape index (κ3) is 15.1. The van der Waals surface area contributed by atoms with E-state index in [0.29, 0.717) is 105 Å². The van der Waals surface area contributed by atoms with Crippen molar-refractivity contribution in [3.63, 3.8) is 0 Å². The molecule has 22 rings (SSSR count). The number of carbonyl (C=O) groups excluding carboxylic acids is 4. The molecular formula is C106H156N12O8. The van der Waals surface area contributed by atoms with Gasteiger partial charge in [-0.15, -0.1) is 15.3 Å². The van der Waals surface area contributed by atoms with Gasteiger partial charge in [-0.2, -0.15) is 15.0 Å². The number of para-hydroxylation sites is 1. The predicted octanol–water partition coefficient (Wildman–Crippen LogP) is 20.5. The third-order valence-electron chi connectivity index (χ3n) is 43.1. The molecule has 4 N–H and O–H groups in total. The van der Waals surface area contributed by atoms with E-state index in [4.69, 9.17) is 0 Å². The highest BCUT2D eigenvalue weighted by atomic mass is 16.3. The molecule has 688 valence electrons. The number of carbonyl (C=O) groups is 4. The molecule has 0 radical (unpaired) electrons. The van der Waals surface area contributed by atoms with Crippen molar-refractivity contribution in [2.75, 3.05) is 0 Å². The first-order chi connectivity index (χ1) is 59.7. The molecule has 0 bridgehead atoms. The maximum Gasteiger partial charge on any atom is 0.160 e. The van der Waals surface area contributed by atoms with Gasteiger partial charge in [-0.1, -0.05) is 95.3 Å². The van der Waals surface area contributed by atoms with Crippen molar-refractivity contribution < 1.29 is 39.6 Å². The second-order valence-corrected chi connectivity index (χ2v) is 49.4. The molecule has 16 fully saturated rings. The number of aliphatic hydroxyl groups is 4. The Labute approximate surface area is 751 Å². The molecule has 16 saturated carbocycles. The Balaban J connectivity index is 0.000000110. The van der Waals surface area contributed by atoms with E-state index in [1.807, 2.05) is 102 Å². The zero-order chi connectivity index (χ0) is 88.6. The predicted molar refractivity (Wildman–Crippen MR) is 488 cm³/mol. The number of rotatable bonds is 12. The summed E-state index contributed by atoms with van der Waals surface area (Å²) in [5.74, 6) is 13.4. The molecule has 16 aliphatic rings. The second kappa shape index (κ2) is 32.5. The molecular weight excluding hydrogens is 1570 g/mol. The largest absolute Gasteiger partial charge is 0.390 e. The van der Waals surface area contributed by atoms with Gasteiger partial charge in [0, 0.05) is 36.1 Å². The number of hydrogen-bond acceptors (Lipinski definition) is 16. The van der Waals surface area contributed by atoms with E-state index in [2.05, 4.69) is 96.5 Å². The van der Waals surface area contributed by atoms with Crippen LogP contribution >= 0.6 is 0 Å². The minimum Gasteiger partial charge on any atom is -0.390 e. The van der Waals surface area contributed by atoms with Gasteiger partial charge in [0.1, 0.15) is 41.7 Å². The van der Waals surface area contributed by atoms with Crippen LogP contribution in [0.1, 0.15) is 340 Å². The molecule has 0 amide bonds. The van der Waals surface area contributed by atoms with E-state index in [-0.39, 0.29) is 57.4 Å². The second-order valence-electron chi connectivity index (χ2n) is 49.4. The van der Waals surface area contributed by atoms with Crippen LogP contribution in [0.3, 0.4) is 0 Å². The Kier molecular flexibility index (Phi) is 23.0. The quantitative estimate of drug-likeness (QED) is 0.0886. The van der Waals surface area contributed by atoms with Crippen molar-refractivity contribution in [2.45, 2.75) is 376 Å². The van der Waals surface area contributed by atoms with Crippen LogP contribution in [0.4, 0.5) is 0 Å². The van der Waals surface area contributed by atoms with E-state index in [0.717, 1.165) is 159 Å². The summed E-state index contributed by atoms with van der Waals surface area (Å²) in [5.41, 5.74) is 3.65. The molecule has 2 aromatic carbocycles. The van der Waals surface area contributed by atoms with Crippen LogP contribution in [0.15, 0.2) is 73.3 Å². The van der Waals surface area contributed by atoms with Gasteiger partial charge in [0.25, 0.3) is 0 Å².